The SMILES string of the molecule is CCCCCCC(=O)C[S+](CC1CCCCC1)OS(=O)(=O)C(F)(F)F. The number of alkyl halides is 3. The fourth-order valence-corrected chi connectivity index (χ4v) is 6.11. The van der Waals surface area contributed by atoms with E-state index in [-0.39, 0.29) is 29.6 Å². The standard InChI is InChI=1S/C16H28F3O4S2/c1-2-3-4-8-11-15(20)13-24(12-14-9-6-5-7-10-14)23-25(21,22)16(17,18)19/h14H,2-13H2,1H3/q+1. The molecular weight excluding hydrogens is 377 g/mol. The topological polar surface area (TPSA) is 60.4 Å². The third kappa shape index (κ3) is 8.77. The van der Waals surface area contributed by atoms with Crippen LogP contribution in [0.3, 0.4) is 0 Å². The molecule has 1 atom stereocenters. The van der Waals surface area contributed by atoms with Crippen LogP contribution in [0.1, 0.15) is 71.1 Å². The van der Waals surface area contributed by atoms with E-state index in [1.807, 2.05) is 6.92 Å². The van der Waals surface area contributed by atoms with E-state index >= 15 is 0 Å². The largest absolute Gasteiger partial charge is 0.527 e. The van der Waals surface area contributed by atoms with Crippen LogP contribution >= 0.6 is 0 Å². The lowest BCUT2D eigenvalue weighted by molar-refractivity contribution is -0.116. The Labute approximate surface area is 151 Å². The smallest absolute Gasteiger partial charge is 0.294 e. The maximum absolute atomic E-state index is 12.6. The highest BCUT2D eigenvalue weighted by Gasteiger charge is 2.53. The van der Waals surface area contributed by atoms with E-state index in [0.717, 1.165) is 51.4 Å². The zero-order chi connectivity index (χ0) is 18.9. The first-order valence-corrected chi connectivity index (χ1v) is 11.8. The molecule has 0 aliphatic heterocycles. The molecule has 0 bridgehead atoms. The summed E-state index contributed by atoms with van der Waals surface area (Å²) in [5.74, 6) is -0.102. The average Bonchev–Trinajstić information content (AvgIpc) is 2.51. The van der Waals surface area contributed by atoms with Crippen LogP contribution in [0.2, 0.25) is 0 Å². The maximum Gasteiger partial charge on any atom is 0.527 e. The molecule has 0 aromatic heterocycles. The van der Waals surface area contributed by atoms with Crippen LogP contribution in [-0.4, -0.2) is 31.2 Å². The molecule has 0 spiro atoms. The first-order valence-electron chi connectivity index (χ1n) is 8.86. The van der Waals surface area contributed by atoms with E-state index in [4.69, 9.17) is 0 Å². The van der Waals surface area contributed by atoms with Gasteiger partial charge in [-0.3, -0.25) is 4.79 Å². The second-order valence-corrected chi connectivity index (χ2v) is 9.99. The minimum atomic E-state index is -5.66. The lowest BCUT2D eigenvalue weighted by Gasteiger charge is -2.20. The molecule has 0 radical (unpaired) electrons. The third-order valence-electron chi connectivity index (χ3n) is 4.25. The van der Waals surface area contributed by atoms with Gasteiger partial charge in [-0.2, -0.15) is 21.6 Å². The number of carbonyl (C=O) groups excluding carboxylic acids is 1. The van der Waals surface area contributed by atoms with Gasteiger partial charge in [-0.25, -0.2) is 0 Å². The van der Waals surface area contributed by atoms with Crippen LogP contribution in [0.15, 0.2) is 0 Å². The highest BCUT2D eigenvalue weighted by molar-refractivity contribution is 8.03. The molecule has 148 valence electrons. The van der Waals surface area contributed by atoms with Crippen molar-refractivity contribution in [2.75, 3.05) is 11.5 Å². The zero-order valence-electron chi connectivity index (χ0n) is 14.6. The maximum atomic E-state index is 12.6. The Morgan fingerprint density at radius 2 is 1.76 bits per heavy atom. The second kappa shape index (κ2) is 10.8. The van der Waals surface area contributed by atoms with Crippen LogP contribution in [0.5, 0.6) is 0 Å². The number of Topliss-reactive ketones (excluding diaryl/α,β-unsaturated/α-hetero) is 1. The molecule has 0 N–H and O–H groups in total. The lowest BCUT2D eigenvalue weighted by Crippen LogP contribution is -2.34. The Morgan fingerprint density at radius 1 is 1.12 bits per heavy atom. The van der Waals surface area contributed by atoms with Gasteiger partial charge in [-0.15, -0.1) is 0 Å². The lowest BCUT2D eigenvalue weighted by atomic mass is 9.91. The fourth-order valence-electron chi connectivity index (χ4n) is 2.89. The van der Waals surface area contributed by atoms with Gasteiger partial charge in [0.05, 0.1) is 0 Å². The van der Waals surface area contributed by atoms with E-state index in [9.17, 15) is 26.4 Å². The van der Waals surface area contributed by atoms with Crippen molar-refractivity contribution in [3.8, 4) is 0 Å². The van der Waals surface area contributed by atoms with E-state index in [0.29, 0.717) is 6.42 Å². The Bertz CT molecular complexity index is 500. The molecule has 9 heteroatoms. The van der Waals surface area contributed by atoms with E-state index in [1.165, 1.54) is 0 Å². The average molecular weight is 406 g/mol. The van der Waals surface area contributed by atoms with Crippen molar-refractivity contribution < 1.29 is 30.0 Å². The zero-order valence-corrected chi connectivity index (χ0v) is 16.3. The van der Waals surface area contributed by atoms with E-state index < -0.39 is 26.8 Å². The van der Waals surface area contributed by atoms with Crippen LogP contribution < -0.4 is 0 Å². The summed E-state index contributed by atoms with van der Waals surface area (Å²) in [4.78, 5) is 12.0. The van der Waals surface area contributed by atoms with E-state index in [1.54, 1.807) is 0 Å². The van der Waals surface area contributed by atoms with E-state index in [2.05, 4.69) is 3.63 Å². The van der Waals surface area contributed by atoms with Gasteiger partial charge in [0.15, 0.2) is 17.0 Å². The highest BCUT2D eigenvalue weighted by atomic mass is 32.3. The third-order valence-corrected chi connectivity index (χ3v) is 7.79. The van der Waals surface area contributed by atoms with Gasteiger partial charge in [-0.05, 0) is 22.9 Å². The second-order valence-electron chi connectivity index (χ2n) is 6.57. The number of ketones is 1. The summed E-state index contributed by atoms with van der Waals surface area (Å²) in [6.45, 7) is 2.04. The fraction of sp³-hybridized carbons (Fsp3) is 0.938. The molecule has 0 aromatic carbocycles. The van der Waals surface area contributed by atoms with Crippen molar-refractivity contribution in [3.63, 3.8) is 0 Å². The minimum Gasteiger partial charge on any atom is -0.294 e. The van der Waals surface area contributed by atoms with Gasteiger partial charge >= 0.3 is 15.6 Å². The van der Waals surface area contributed by atoms with Gasteiger partial charge < -0.3 is 0 Å². The minimum absolute atomic E-state index is 0.133. The summed E-state index contributed by atoms with van der Waals surface area (Å²) in [5.41, 5.74) is -5.45. The Balaban J connectivity index is 2.65. The summed E-state index contributed by atoms with van der Waals surface area (Å²) >= 11 is -1.53. The summed E-state index contributed by atoms with van der Waals surface area (Å²) in [6.07, 6.45) is 8.61. The Morgan fingerprint density at radius 3 is 2.32 bits per heavy atom. The first kappa shape index (κ1) is 22.8. The summed E-state index contributed by atoms with van der Waals surface area (Å²) in [7, 11) is -5.66. The molecule has 0 aromatic rings. The molecular formula is C16H28F3O4S2+. The summed E-state index contributed by atoms with van der Waals surface area (Å²) < 4.78 is 64.9. The molecule has 1 saturated carbocycles. The normalized spacial score (nSPS) is 18.2. The van der Waals surface area contributed by atoms with Crippen molar-refractivity contribution in [2.24, 2.45) is 5.92 Å². The quantitative estimate of drug-likeness (QED) is 0.288. The van der Waals surface area contributed by atoms with Crippen molar-refractivity contribution in [1.29, 1.82) is 0 Å². The van der Waals surface area contributed by atoms with Crippen LogP contribution in [-0.2, 0) is 29.7 Å². The molecule has 1 fully saturated rings. The molecule has 0 amide bonds. The van der Waals surface area contributed by atoms with Crippen molar-refractivity contribution in [2.45, 2.75) is 76.6 Å². The van der Waals surface area contributed by atoms with Crippen LogP contribution in [0.25, 0.3) is 0 Å². The number of unbranched alkanes of at least 4 members (excludes halogenated alkanes) is 3. The molecule has 1 rings (SSSR count). The van der Waals surface area contributed by atoms with Crippen LogP contribution in [0, 0.1) is 5.92 Å². The monoisotopic (exact) mass is 405 g/mol. The Hall–Kier alpha value is -0.280. The summed E-state index contributed by atoms with van der Waals surface area (Å²) in [6, 6.07) is 0. The molecule has 25 heavy (non-hydrogen) atoms. The molecule has 1 aliphatic carbocycles. The predicted octanol–water partition coefficient (Wildman–Crippen LogP) is 4.51. The number of halogens is 3. The van der Waals surface area contributed by atoms with Crippen molar-refractivity contribution in [1.82, 2.24) is 0 Å². The number of hydrogen-bond acceptors (Lipinski definition) is 4. The molecule has 1 unspecified atom stereocenters. The van der Waals surface area contributed by atoms with Crippen molar-refractivity contribution in [3.05, 3.63) is 0 Å². The molecule has 0 heterocycles. The van der Waals surface area contributed by atoms with Gasteiger partial charge in [-0.1, -0.05) is 45.4 Å². The number of carbonyl (C=O) groups is 1. The van der Waals surface area contributed by atoms with Gasteiger partial charge in [0, 0.05) is 12.3 Å². The molecule has 0 saturated heterocycles. The highest BCUT2D eigenvalue weighted by Crippen LogP contribution is 2.30. The summed E-state index contributed by atoms with van der Waals surface area (Å²) in [5, 5.41) is 0. The molecule has 4 nitrogen and oxygen atoms in total. The predicted molar refractivity (Wildman–Crippen MR) is 93.5 cm³/mol. The van der Waals surface area contributed by atoms with Crippen molar-refractivity contribution >= 4 is 27.1 Å². The van der Waals surface area contributed by atoms with Gasteiger partial charge in [0.2, 0.25) is 5.75 Å². The van der Waals surface area contributed by atoms with Gasteiger partial charge in [0.25, 0.3) is 0 Å². The number of rotatable bonds is 11. The first-order chi connectivity index (χ1) is 11.7. The van der Waals surface area contributed by atoms with Crippen LogP contribution in [0.4, 0.5) is 13.2 Å². The van der Waals surface area contributed by atoms with Gasteiger partial charge in [0.1, 0.15) is 5.75 Å². The Kier molecular flexibility index (Phi) is 9.80. The number of hydrogen-bond donors (Lipinski definition) is 0. The molecule has 1 aliphatic rings.